The van der Waals surface area contributed by atoms with E-state index in [0.717, 1.165) is 47.8 Å². The Hall–Kier alpha value is -4.15. The monoisotopic (exact) mass is 463 g/mol. The molecule has 1 aliphatic rings. The highest BCUT2D eigenvalue weighted by molar-refractivity contribution is 7.21. The van der Waals surface area contributed by atoms with Gasteiger partial charge in [0.25, 0.3) is 5.91 Å². The van der Waals surface area contributed by atoms with Crippen molar-refractivity contribution in [3.63, 3.8) is 0 Å². The maximum absolute atomic E-state index is 14.0. The SMILES string of the molecule is N#Cc1c(N)nc2sc(C(=O)n3c4c(c5ccccc53)CCCC4)c(N)c2c1-c1ccccc1. The number of nitrogens with zero attached hydrogens (tertiary/aromatic N) is 3. The lowest BCUT2D eigenvalue weighted by atomic mass is 9.95. The molecular formula is C27H21N5OS. The van der Waals surface area contributed by atoms with Gasteiger partial charge in [-0.3, -0.25) is 9.36 Å². The first kappa shape index (κ1) is 20.5. The molecule has 0 aliphatic heterocycles. The van der Waals surface area contributed by atoms with Crippen LogP contribution in [0.1, 0.15) is 39.3 Å². The summed E-state index contributed by atoms with van der Waals surface area (Å²) in [6.07, 6.45) is 4.01. The molecule has 0 unspecified atom stereocenters. The number of aromatic nitrogens is 2. The number of nitrogens with two attached hydrogens (primary N) is 2. The largest absolute Gasteiger partial charge is 0.397 e. The van der Waals surface area contributed by atoms with E-state index >= 15 is 0 Å². The van der Waals surface area contributed by atoms with Gasteiger partial charge in [0.15, 0.2) is 0 Å². The maximum atomic E-state index is 14.0. The smallest absolute Gasteiger partial charge is 0.274 e. The number of nitriles is 1. The number of fused-ring (bicyclic) bond motifs is 4. The fraction of sp³-hybridized carbons (Fsp3) is 0.148. The lowest BCUT2D eigenvalue weighted by Crippen LogP contribution is -2.17. The van der Waals surface area contributed by atoms with E-state index in [-0.39, 0.29) is 17.3 Å². The molecule has 166 valence electrons. The van der Waals surface area contributed by atoms with Gasteiger partial charge in [0.1, 0.15) is 27.2 Å². The molecule has 0 atom stereocenters. The standard InChI is InChI=1S/C27H21N5OS/c28-14-18-21(15-8-2-1-3-9-15)22-23(29)24(34-26(22)31-25(18)30)27(33)32-19-12-6-4-10-16(19)17-11-5-7-13-20(17)32/h1-4,6,8-10,12H,5,7,11,13,29H2,(H2,30,31). The van der Waals surface area contributed by atoms with Crippen LogP contribution in [0.2, 0.25) is 0 Å². The van der Waals surface area contributed by atoms with Crippen molar-refractivity contribution < 1.29 is 4.79 Å². The Labute approximate surface area is 200 Å². The van der Waals surface area contributed by atoms with Crippen molar-refractivity contribution in [3.8, 4) is 17.2 Å². The van der Waals surface area contributed by atoms with Gasteiger partial charge in [0.05, 0.1) is 11.2 Å². The summed E-state index contributed by atoms with van der Waals surface area (Å²) in [6.45, 7) is 0. The van der Waals surface area contributed by atoms with Crippen molar-refractivity contribution in [2.45, 2.75) is 25.7 Å². The number of carbonyl (C=O) groups excluding carboxylic acids is 1. The summed E-state index contributed by atoms with van der Waals surface area (Å²) in [6, 6.07) is 19.8. The Bertz CT molecular complexity index is 1660. The van der Waals surface area contributed by atoms with E-state index in [1.54, 1.807) is 0 Å². The van der Waals surface area contributed by atoms with Crippen molar-refractivity contribution in [2.24, 2.45) is 0 Å². The van der Waals surface area contributed by atoms with Gasteiger partial charge < -0.3 is 11.5 Å². The Morgan fingerprint density at radius 3 is 2.56 bits per heavy atom. The van der Waals surface area contributed by atoms with E-state index in [9.17, 15) is 10.1 Å². The van der Waals surface area contributed by atoms with Crippen LogP contribution in [-0.2, 0) is 12.8 Å². The lowest BCUT2D eigenvalue weighted by molar-refractivity contribution is 0.0966. The summed E-state index contributed by atoms with van der Waals surface area (Å²) in [4.78, 5) is 19.5. The van der Waals surface area contributed by atoms with Gasteiger partial charge in [-0.05, 0) is 42.9 Å². The summed E-state index contributed by atoms with van der Waals surface area (Å²) >= 11 is 1.24. The first-order valence-electron chi connectivity index (χ1n) is 11.2. The van der Waals surface area contributed by atoms with Gasteiger partial charge in [0.2, 0.25) is 0 Å². The Kier molecular flexibility index (Phi) is 4.64. The van der Waals surface area contributed by atoms with Crippen LogP contribution in [0.3, 0.4) is 0 Å². The number of pyridine rings is 1. The second-order valence-corrected chi connectivity index (χ2v) is 9.54. The van der Waals surface area contributed by atoms with Crippen LogP contribution in [0.5, 0.6) is 0 Å². The minimum Gasteiger partial charge on any atom is -0.397 e. The molecule has 2 aromatic carbocycles. The third kappa shape index (κ3) is 2.86. The van der Waals surface area contributed by atoms with Gasteiger partial charge in [-0.25, -0.2) is 4.98 Å². The second kappa shape index (κ2) is 7.72. The number of hydrogen-bond donors (Lipinski definition) is 2. The summed E-state index contributed by atoms with van der Waals surface area (Å²) < 4.78 is 1.83. The normalized spacial score (nSPS) is 13.1. The molecule has 0 saturated carbocycles. The number of rotatable bonds is 2. The van der Waals surface area contributed by atoms with Crippen molar-refractivity contribution in [1.82, 2.24) is 9.55 Å². The minimum absolute atomic E-state index is 0.137. The van der Waals surface area contributed by atoms with E-state index in [1.807, 2.05) is 53.1 Å². The van der Waals surface area contributed by atoms with Crippen LogP contribution < -0.4 is 11.5 Å². The molecular weight excluding hydrogens is 442 g/mol. The molecule has 5 aromatic rings. The minimum atomic E-state index is -0.157. The zero-order chi connectivity index (χ0) is 23.4. The molecule has 3 aromatic heterocycles. The zero-order valence-electron chi connectivity index (χ0n) is 18.3. The summed E-state index contributed by atoms with van der Waals surface area (Å²) in [7, 11) is 0. The van der Waals surface area contributed by atoms with Gasteiger partial charge >= 0.3 is 0 Å². The van der Waals surface area contributed by atoms with Crippen LogP contribution in [0.25, 0.3) is 32.2 Å². The van der Waals surface area contributed by atoms with Crippen molar-refractivity contribution in [1.29, 1.82) is 5.26 Å². The molecule has 34 heavy (non-hydrogen) atoms. The van der Waals surface area contributed by atoms with Crippen LogP contribution in [0, 0.1) is 11.3 Å². The number of anilines is 2. The summed E-state index contributed by atoms with van der Waals surface area (Å²) in [5.41, 5.74) is 18.1. The van der Waals surface area contributed by atoms with E-state index < -0.39 is 0 Å². The lowest BCUT2D eigenvalue weighted by Gasteiger charge is -2.15. The number of nitrogen functional groups attached to an aromatic ring is 2. The average molecular weight is 464 g/mol. The van der Waals surface area contributed by atoms with Gasteiger partial charge in [-0.2, -0.15) is 5.26 Å². The number of thiophene rings is 1. The number of benzene rings is 2. The van der Waals surface area contributed by atoms with Crippen molar-refractivity contribution in [2.75, 3.05) is 11.5 Å². The van der Waals surface area contributed by atoms with E-state index in [0.29, 0.717) is 26.3 Å². The number of aryl methyl sites for hydroxylation is 1. The zero-order valence-corrected chi connectivity index (χ0v) is 19.2. The van der Waals surface area contributed by atoms with Crippen LogP contribution in [-0.4, -0.2) is 15.5 Å². The Morgan fingerprint density at radius 1 is 1.03 bits per heavy atom. The molecule has 7 heteroatoms. The third-order valence-corrected chi connectivity index (χ3v) is 7.74. The van der Waals surface area contributed by atoms with E-state index in [2.05, 4.69) is 17.1 Å². The molecule has 0 radical (unpaired) electrons. The van der Waals surface area contributed by atoms with Gasteiger partial charge in [-0.15, -0.1) is 11.3 Å². The van der Waals surface area contributed by atoms with E-state index in [4.69, 9.17) is 11.5 Å². The Balaban J connectivity index is 1.63. The highest BCUT2D eigenvalue weighted by Gasteiger charge is 2.29. The quantitative estimate of drug-likeness (QED) is 0.358. The summed E-state index contributed by atoms with van der Waals surface area (Å²) in [5, 5.41) is 11.6. The third-order valence-electron chi connectivity index (χ3n) is 6.65. The molecule has 0 amide bonds. The molecule has 0 spiro atoms. The topological polar surface area (TPSA) is 111 Å². The van der Waals surface area contributed by atoms with E-state index in [1.165, 1.54) is 16.9 Å². The molecule has 0 bridgehead atoms. The number of para-hydroxylation sites is 1. The Morgan fingerprint density at radius 2 is 1.76 bits per heavy atom. The predicted octanol–water partition coefficient (Wildman–Crippen LogP) is 5.52. The van der Waals surface area contributed by atoms with Gasteiger partial charge in [0, 0.05) is 22.0 Å². The average Bonchev–Trinajstić information content (AvgIpc) is 3.38. The number of carbonyl (C=O) groups is 1. The summed E-state index contributed by atoms with van der Waals surface area (Å²) in [5.74, 6) is -0.0196. The molecule has 6 rings (SSSR count). The molecule has 4 N–H and O–H groups in total. The van der Waals surface area contributed by atoms with Crippen LogP contribution >= 0.6 is 11.3 Å². The predicted molar refractivity (Wildman–Crippen MR) is 137 cm³/mol. The molecule has 0 fully saturated rings. The van der Waals surface area contributed by atoms with Crippen molar-refractivity contribution >= 4 is 49.9 Å². The second-order valence-electron chi connectivity index (χ2n) is 8.54. The molecule has 3 heterocycles. The number of hydrogen-bond acceptors (Lipinski definition) is 6. The first-order valence-corrected chi connectivity index (χ1v) is 12.0. The molecule has 0 saturated heterocycles. The van der Waals surface area contributed by atoms with Gasteiger partial charge in [-0.1, -0.05) is 48.5 Å². The highest BCUT2D eigenvalue weighted by Crippen LogP contribution is 2.43. The highest BCUT2D eigenvalue weighted by atomic mass is 32.1. The fourth-order valence-electron chi connectivity index (χ4n) is 5.16. The van der Waals surface area contributed by atoms with Crippen LogP contribution in [0.4, 0.5) is 11.5 Å². The molecule has 6 nitrogen and oxygen atoms in total. The fourth-order valence-corrected chi connectivity index (χ4v) is 6.21. The first-order chi connectivity index (χ1) is 16.6. The maximum Gasteiger partial charge on any atom is 0.274 e. The van der Waals surface area contributed by atoms with Crippen molar-refractivity contribution in [3.05, 3.63) is 76.3 Å². The van der Waals surface area contributed by atoms with Crippen LogP contribution in [0.15, 0.2) is 54.6 Å². The molecule has 1 aliphatic carbocycles.